The summed E-state index contributed by atoms with van der Waals surface area (Å²) < 4.78 is 11.3. The Balaban J connectivity index is 1.38. The Morgan fingerprint density at radius 3 is 2.84 bits per heavy atom. The van der Waals surface area contributed by atoms with Gasteiger partial charge < -0.3 is 9.47 Å². The third-order valence-electron chi connectivity index (χ3n) is 7.26. The predicted molar refractivity (Wildman–Crippen MR) is 94.4 cm³/mol. The minimum absolute atomic E-state index is 0.134. The lowest BCUT2D eigenvalue weighted by Crippen LogP contribution is -2.52. The lowest BCUT2D eigenvalue weighted by atomic mass is 9.71. The van der Waals surface area contributed by atoms with E-state index in [2.05, 4.69) is 30.4 Å². The van der Waals surface area contributed by atoms with Gasteiger partial charge in [0.2, 0.25) is 0 Å². The van der Waals surface area contributed by atoms with Crippen molar-refractivity contribution in [2.75, 3.05) is 13.2 Å². The predicted octanol–water partition coefficient (Wildman–Crippen LogP) is 3.83. The second-order valence-corrected chi connectivity index (χ2v) is 8.42. The first-order valence-corrected chi connectivity index (χ1v) is 9.79. The van der Waals surface area contributed by atoms with Crippen LogP contribution in [0.2, 0.25) is 0 Å². The van der Waals surface area contributed by atoms with Crippen molar-refractivity contribution >= 4 is 0 Å². The van der Waals surface area contributed by atoms with Gasteiger partial charge in [0.25, 0.3) is 0 Å². The molecule has 3 saturated carbocycles. The number of nitriles is 1. The van der Waals surface area contributed by atoms with Crippen LogP contribution in [-0.4, -0.2) is 18.8 Å². The molecule has 0 aromatic heterocycles. The molecule has 3 fully saturated rings. The number of benzene rings is 1. The van der Waals surface area contributed by atoms with Gasteiger partial charge in [-0.3, -0.25) is 5.32 Å². The van der Waals surface area contributed by atoms with Crippen molar-refractivity contribution in [2.45, 2.75) is 50.6 Å². The third kappa shape index (κ3) is 2.29. The molecule has 4 aliphatic rings. The Labute approximate surface area is 149 Å². The first-order chi connectivity index (χ1) is 12.2. The zero-order valence-electron chi connectivity index (χ0n) is 14.8. The summed E-state index contributed by atoms with van der Waals surface area (Å²) in [6.07, 6.45) is 6.37. The number of fused-ring (bicyclic) bond motifs is 6. The molecule has 0 spiro atoms. The highest BCUT2D eigenvalue weighted by Gasteiger charge is 2.61. The first kappa shape index (κ1) is 15.5. The molecular formula is C21H26N2O2. The molecule has 1 aromatic carbocycles. The molecule has 4 nitrogen and oxygen atoms in total. The van der Waals surface area contributed by atoms with Gasteiger partial charge in [0, 0.05) is 6.04 Å². The fourth-order valence-corrected chi connectivity index (χ4v) is 6.27. The first-order valence-electron chi connectivity index (χ1n) is 9.79. The maximum Gasteiger partial charge on any atom is 0.161 e. The molecule has 0 saturated heterocycles. The van der Waals surface area contributed by atoms with Crippen LogP contribution in [0.4, 0.5) is 0 Å². The van der Waals surface area contributed by atoms with Crippen LogP contribution in [0.25, 0.3) is 0 Å². The van der Waals surface area contributed by atoms with Crippen LogP contribution in [0.1, 0.15) is 50.6 Å². The van der Waals surface area contributed by atoms with E-state index in [1.807, 2.05) is 6.07 Å². The standard InChI is InChI=1S/C21H26N2O2/c1-13(14-5-6-19-20(10-14)25-8-7-24-19)23-21(12-22)11-15-9-18(21)17-4-2-3-16(15)17/h5-6,10,13,15-18,23H,2-4,7-9,11H2,1H3. The van der Waals surface area contributed by atoms with Gasteiger partial charge in [-0.1, -0.05) is 12.5 Å². The average Bonchev–Trinajstić information content (AvgIpc) is 3.33. The summed E-state index contributed by atoms with van der Waals surface area (Å²) >= 11 is 0. The number of hydrogen-bond acceptors (Lipinski definition) is 4. The average molecular weight is 338 g/mol. The SMILES string of the molecule is CC(NC1(C#N)CC2CC1C1CCCC21)c1ccc2c(c1)OCCO2. The van der Waals surface area contributed by atoms with Gasteiger partial charge >= 0.3 is 0 Å². The van der Waals surface area contributed by atoms with Gasteiger partial charge in [-0.25, -0.2) is 0 Å². The molecule has 6 unspecified atom stereocenters. The normalized spacial score (nSPS) is 39.0. The molecule has 132 valence electrons. The van der Waals surface area contributed by atoms with Crippen LogP contribution in [0.5, 0.6) is 11.5 Å². The van der Waals surface area contributed by atoms with Gasteiger partial charge in [0.05, 0.1) is 6.07 Å². The Bertz CT molecular complexity index is 727. The molecule has 4 heteroatoms. The Morgan fingerprint density at radius 1 is 1.20 bits per heavy atom. The molecule has 1 aromatic rings. The van der Waals surface area contributed by atoms with Crippen LogP contribution in [0.3, 0.4) is 0 Å². The second-order valence-electron chi connectivity index (χ2n) is 8.42. The van der Waals surface area contributed by atoms with Gasteiger partial charge in [0.15, 0.2) is 11.5 Å². The third-order valence-corrected chi connectivity index (χ3v) is 7.26. The van der Waals surface area contributed by atoms with Crippen molar-refractivity contribution in [2.24, 2.45) is 23.7 Å². The molecule has 2 bridgehead atoms. The van der Waals surface area contributed by atoms with Gasteiger partial charge in [-0.15, -0.1) is 0 Å². The van der Waals surface area contributed by atoms with Gasteiger partial charge in [0.1, 0.15) is 18.8 Å². The van der Waals surface area contributed by atoms with Gasteiger partial charge in [-0.05, 0) is 74.0 Å². The monoisotopic (exact) mass is 338 g/mol. The molecule has 1 aliphatic heterocycles. The summed E-state index contributed by atoms with van der Waals surface area (Å²) in [7, 11) is 0. The lowest BCUT2D eigenvalue weighted by molar-refractivity contribution is 0.153. The van der Waals surface area contributed by atoms with E-state index in [9.17, 15) is 5.26 Å². The van der Waals surface area contributed by atoms with E-state index in [4.69, 9.17) is 9.47 Å². The lowest BCUT2D eigenvalue weighted by Gasteiger charge is -2.40. The molecule has 6 atom stereocenters. The van der Waals surface area contributed by atoms with Crippen LogP contribution in [0.15, 0.2) is 18.2 Å². The maximum atomic E-state index is 10.1. The van der Waals surface area contributed by atoms with Crippen LogP contribution in [0, 0.1) is 35.0 Å². The fraction of sp³-hybridized carbons (Fsp3) is 0.667. The van der Waals surface area contributed by atoms with Gasteiger partial charge in [-0.2, -0.15) is 5.26 Å². The van der Waals surface area contributed by atoms with Crippen molar-refractivity contribution in [3.8, 4) is 17.6 Å². The molecule has 3 aliphatic carbocycles. The molecular weight excluding hydrogens is 312 g/mol. The van der Waals surface area contributed by atoms with E-state index >= 15 is 0 Å². The maximum absolute atomic E-state index is 10.1. The fourth-order valence-electron chi connectivity index (χ4n) is 6.27. The second kappa shape index (κ2) is 5.64. The summed E-state index contributed by atoms with van der Waals surface area (Å²) in [4.78, 5) is 0. The number of rotatable bonds is 3. The molecule has 5 rings (SSSR count). The smallest absolute Gasteiger partial charge is 0.161 e. The van der Waals surface area contributed by atoms with Crippen molar-refractivity contribution in [3.63, 3.8) is 0 Å². The summed E-state index contributed by atoms with van der Waals surface area (Å²) in [5.74, 6) is 4.63. The minimum Gasteiger partial charge on any atom is -0.486 e. The van der Waals surface area contributed by atoms with Crippen molar-refractivity contribution < 1.29 is 9.47 Å². The number of nitrogens with one attached hydrogen (secondary N) is 1. The zero-order valence-corrected chi connectivity index (χ0v) is 14.8. The molecule has 25 heavy (non-hydrogen) atoms. The topological polar surface area (TPSA) is 54.3 Å². The molecule has 0 radical (unpaired) electrons. The molecule has 1 heterocycles. The van der Waals surface area contributed by atoms with E-state index in [0.29, 0.717) is 19.1 Å². The van der Waals surface area contributed by atoms with Crippen LogP contribution >= 0.6 is 0 Å². The highest BCUT2D eigenvalue weighted by Crippen LogP contribution is 2.62. The van der Waals surface area contributed by atoms with E-state index < -0.39 is 0 Å². The zero-order chi connectivity index (χ0) is 17.0. The Hall–Kier alpha value is -1.73. The number of hydrogen-bond donors (Lipinski definition) is 1. The van der Waals surface area contributed by atoms with Crippen molar-refractivity contribution in [3.05, 3.63) is 23.8 Å². The number of nitrogens with zero attached hydrogens (tertiary/aromatic N) is 1. The Kier molecular flexibility index (Phi) is 3.50. The quantitative estimate of drug-likeness (QED) is 0.910. The summed E-state index contributed by atoms with van der Waals surface area (Å²) in [6, 6.07) is 9.02. The number of ether oxygens (including phenoxy) is 2. The minimum atomic E-state index is -0.344. The summed E-state index contributed by atoms with van der Waals surface area (Å²) in [6.45, 7) is 3.39. The Morgan fingerprint density at radius 2 is 2.00 bits per heavy atom. The highest BCUT2D eigenvalue weighted by molar-refractivity contribution is 5.44. The van der Waals surface area contributed by atoms with Crippen molar-refractivity contribution in [1.29, 1.82) is 5.26 Å². The largest absolute Gasteiger partial charge is 0.486 e. The summed E-state index contributed by atoms with van der Waals surface area (Å²) in [5, 5.41) is 13.8. The molecule has 1 N–H and O–H groups in total. The van der Waals surface area contributed by atoms with E-state index in [1.54, 1.807) is 0 Å². The van der Waals surface area contributed by atoms with Crippen molar-refractivity contribution in [1.82, 2.24) is 5.32 Å². The van der Waals surface area contributed by atoms with E-state index in [1.165, 1.54) is 31.2 Å². The molecule has 0 amide bonds. The highest BCUT2D eigenvalue weighted by atomic mass is 16.6. The van der Waals surface area contributed by atoms with E-state index in [0.717, 1.165) is 35.7 Å². The van der Waals surface area contributed by atoms with Crippen LogP contribution < -0.4 is 14.8 Å². The van der Waals surface area contributed by atoms with Crippen LogP contribution in [-0.2, 0) is 0 Å². The van der Waals surface area contributed by atoms with E-state index in [-0.39, 0.29) is 11.6 Å². The summed E-state index contributed by atoms with van der Waals surface area (Å²) in [5.41, 5.74) is 0.827.